The van der Waals surface area contributed by atoms with Crippen LogP contribution in [0.25, 0.3) is 6.08 Å². The maximum atomic E-state index is 12.9. The zero-order valence-electron chi connectivity index (χ0n) is 14.7. The van der Waals surface area contributed by atoms with Gasteiger partial charge in [0.05, 0.1) is 23.3 Å². The first-order chi connectivity index (χ1) is 13.6. The minimum atomic E-state index is -4.62. The minimum absolute atomic E-state index is 0.00931. The van der Waals surface area contributed by atoms with Gasteiger partial charge in [0.25, 0.3) is 11.8 Å². The number of amides is 2. The van der Waals surface area contributed by atoms with Gasteiger partial charge in [-0.25, -0.2) is 5.01 Å². The molecule has 0 atom stereocenters. The van der Waals surface area contributed by atoms with Crippen molar-refractivity contribution in [1.82, 2.24) is 5.43 Å². The number of carbonyl (C=O) groups excluding carboxylic acids is 2. The normalized spacial score (nSPS) is 15.6. The number of nitrogens with one attached hydrogen (secondary N) is 1. The van der Waals surface area contributed by atoms with Crippen LogP contribution in [-0.2, 0) is 15.8 Å². The Labute approximate surface area is 161 Å². The highest BCUT2D eigenvalue weighted by Crippen LogP contribution is 2.33. The van der Waals surface area contributed by atoms with Crippen LogP contribution in [0.1, 0.15) is 11.1 Å². The highest BCUT2D eigenvalue weighted by Gasteiger charge is 2.36. The quantitative estimate of drug-likeness (QED) is 0.363. The van der Waals surface area contributed by atoms with Gasteiger partial charge in [0.2, 0.25) is 0 Å². The molecule has 0 bridgehead atoms. The van der Waals surface area contributed by atoms with Crippen LogP contribution in [0.2, 0.25) is 0 Å². The third kappa shape index (κ3) is 3.88. The van der Waals surface area contributed by atoms with Gasteiger partial charge >= 0.3 is 11.9 Å². The van der Waals surface area contributed by atoms with Crippen molar-refractivity contribution in [3.8, 4) is 5.75 Å². The molecule has 8 nitrogen and oxygen atoms in total. The standard InChI is InChI=1S/C18H12F3N3O5/c1-29-15-6-5-10(8-14(15)24(27)28)7-13-16(25)22-23(17(13)26)12-4-2-3-11(9-12)18(19,20)21/h2-9H,1H3,(H,22,25). The number of ether oxygens (including phenoxy) is 1. The van der Waals surface area contributed by atoms with Gasteiger partial charge in [-0.15, -0.1) is 0 Å². The second-order valence-electron chi connectivity index (χ2n) is 5.88. The first kappa shape index (κ1) is 19.9. The predicted molar refractivity (Wildman–Crippen MR) is 94.7 cm³/mol. The molecule has 29 heavy (non-hydrogen) atoms. The second kappa shape index (κ2) is 7.26. The molecule has 1 saturated heterocycles. The van der Waals surface area contributed by atoms with Crippen LogP contribution < -0.4 is 15.2 Å². The number of hydrazine groups is 1. The van der Waals surface area contributed by atoms with Gasteiger partial charge in [0.15, 0.2) is 5.75 Å². The molecule has 11 heteroatoms. The molecule has 2 aromatic carbocycles. The molecule has 1 heterocycles. The molecule has 3 rings (SSSR count). The summed E-state index contributed by atoms with van der Waals surface area (Å²) in [5.41, 5.74) is 0.424. The number of benzene rings is 2. The maximum absolute atomic E-state index is 12.9. The number of anilines is 1. The molecule has 0 radical (unpaired) electrons. The zero-order chi connectivity index (χ0) is 21.3. The summed E-state index contributed by atoms with van der Waals surface area (Å²) in [6, 6.07) is 7.69. The second-order valence-corrected chi connectivity index (χ2v) is 5.88. The van der Waals surface area contributed by atoms with E-state index >= 15 is 0 Å². The molecule has 1 aliphatic rings. The molecule has 0 aromatic heterocycles. The van der Waals surface area contributed by atoms with Crippen LogP contribution in [0, 0.1) is 10.1 Å². The van der Waals surface area contributed by atoms with E-state index in [1.165, 1.54) is 25.3 Å². The summed E-state index contributed by atoms with van der Waals surface area (Å²) in [4.78, 5) is 35.2. The van der Waals surface area contributed by atoms with Crippen molar-refractivity contribution in [3.63, 3.8) is 0 Å². The Balaban J connectivity index is 1.96. The molecule has 0 saturated carbocycles. The molecular formula is C18H12F3N3O5. The van der Waals surface area contributed by atoms with Gasteiger partial charge in [0, 0.05) is 6.07 Å². The fraction of sp³-hybridized carbons (Fsp3) is 0.111. The van der Waals surface area contributed by atoms with Crippen LogP contribution in [0.15, 0.2) is 48.0 Å². The average molecular weight is 407 g/mol. The van der Waals surface area contributed by atoms with Gasteiger partial charge in [-0.3, -0.25) is 25.1 Å². The van der Waals surface area contributed by atoms with Crippen molar-refractivity contribution in [2.24, 2.45) is 0 Å². The number of carbonyl (C=O) groups is 2. The summed E-state index contributed by atoms with van der Waals surface area (Å²) in [7, 11) is 1.25. The van der Waals surface area contributed by atoms with Crippen LogP contribution >= 0.6 is 0 Å². The van der Waals surface area contributed by atoms with Crippen molar-refractivity contribution in [2.75, 3.05) is 12.1 Å². The van der Waals surface area contributed by atoms with Crippen molar-refractivity contribution < 1.29 is 32.4 Å². The number of halogens is 3. The minimum Gasteiger partial charge on any atom is -0.490 e. The topological polar surface area (TPSA) is 102 Å². The SMILES string of the molecule is COc1ccc(C=C2C(=O)NN(c3cccc(C(F)(F)F)c3)C2=O)cc1[N+](=O)[O-]. The first-order valence-corrected chi connectivity index (χ1v) is 7.98. The summed E-state index contributed by atoms with van der Waals surface area (Å²) in [5, 5.41) is 11.8. The fourth-order valence-corrected chi connectivity index (χ4v) is 2.67. The van der Waals surface area contributed by atoms with E-state index in [0.717, 1.165) is 30.3 Å². The first-order valence-electron chi connectivity index (χ1n) is 7.98. The summed E-state index contributed by atoms with van der Waals surface area (Å²) in [6.07, 6.45) is -3.51. The predicted octanol–water partition coefficient (Wildman–Crippen LogP) is 3.08. The highest BCUT2D eigenvalue weighted by molar-refractivity contribution is 6.31. The van der Waals surface area contributed by atoms with E-state index in [1.54, 1.807) is 0 Å². The Morgan fingerprint density at radius 1 is 1.17 bits per heavy atom. The smallest absolute Gasteiger partial charge is 0.416 e. The number of nitro benzene ring substituents is 1. The van der Waals surface area contributed by atoms with Crippen LogP contribution in [0.4, 0.5) is 24.5 Å². The lowest BCUT2D eigenvalue weighted by Crippen LogP contribution is -2.35. The maximum Gasteiger partial charge on any atom is 0.416 e. The van der Waals surface area contributed by atoms with E-state index in [9.17, 15) is 32.9 Å². The van der Waals surface area contributed by atoms with Gasteiger partial charge < -0.3 is 4.74 Å². The van der Waals surface area contributed by atoms with Gasteiger partial charge in [-0.2, -0.15) is 13.2 Å². The number of rotatable bonds is 4. The lowest BCUT2D eigenvalue weighted by molar-refractivity contribution is -0.385. The Bertz CT molecular complexity index is 1050. The van der Waals surface area contributed by atoms with Crippen LogP contribution in [-0.4, -0.2) is 23.8 Å². The largest absolute Gasteiger partial charge is 0.490 e. The molecule has 0 aliphatic carbocycles. The number of nitrogens with zero attached hydrogens (tertiary/aromatic N) is 2. The lowest BCUT2D eigenvalue weighted by Gasteiger charge is -2.16. The molecule has 2 aromatic rings. The van der Waals surface area contributed by atoms with Gasteiger partial charge in [-0.1, -0.05) is 12.1 Å². The van der Waals surface area contributed by atoms with Crippen molar-refractivity contribution in [2.45, 2.75) is 6.18 Å². The molecule has 2 amide bonds. The van der Waals surface area contributed by atoms with Crippen LogP contribution in [0.3, 0.4) is 0 Å². The van der Waals surface area contributed by atoms with Crippen molar-refractivity contribution in [1.29, 1.82) is 0 Å². The van der Waals surface area contributed by atoms with Crippen LogP contribution in [0.5, 0.6) is 5.75 Å². The van der Waals surface area contributed by atoms with Crippen molar-refractivity contribution in [3.05, 3.63) is 69.3 Å². The van der Waals surface area contributed by atoms with E-state index in [2.05, 4.69) is 5.43 Å². The third-order valence-corrected chi connectivity index (χ3v) is 4.03. The Morgan fingerprint density at radius 2 is 1.90 bits per heavy atom. The number of hydrogen-bond donors (Lipinski definition) is 1. The molecule has 1 fully saturated rings. The molecule has 0 unspecified atom stereocenters. The van der Waals surface area contributed by atoms with Crippen molar-refractivity contribution >= 4 is 29.3 Å². The highest BCUT2D eigenvalue weighted by atomic mass is 19.4. The van der Waals surface area contributed by atoms with Gasteiger partial charge in [-0.05, 0) is 35.9 Å². The number of nitro groups is 1. The summed E-state index contributed by atoms with van der Waals surface area (Å²) in [5.74, 6) is -1.76. The fourth-order valence-electron chi connectivity index (χ4n) is 2.67. The Morgan fingerprint density at radius 3 is 2.52 bits per heavy atom. The number of methoxy groups -OCH3 is 1. The van der Waals surface area contributed by atoms with E-state index in [1.807, 2.05) is 0 Å². The average Bonchev–Trinajstić information content (AvgIpc) is 2.95. The molecule has 1 N–H and O–H groups in total. The molecular weight excluding hydrogens is 395 g/mol. The molecule has 150 valence electrons. The lowest BCUT2D eigenvalue weighted by atomic mass is 10.1. The molecule has 0 spiro atoms. The number of alkyl halides is 3. The Kier molecular flexibility index (Phi) is 4.97. The monoisotopic (exact) mass is 407 g/mol. The Hall–Kier alpha value is -3.89. The number of hydrogen-bond acceptors (Lipinski definition) is 5. The van der Waals surface area contributed by atoms with Gasteiger partial charge in [0.1, 0.15) is 5.57 Å². The van der Waals surface area contributed by atoms with E-state index in [4.69, 9.17) is 4.74 Å². The van der Waals surface area contributed by atoms with E-state index in [-0.39, 0.29) is 28.3 Å². The summed E-state index contributed by atoms with van der Waals surface area (Å²) < 4.78 is 43.5. The zero-order valence-corrected chi connectivity index (χ0v) is 14.7. The summed E-state index contributed by atoms with van der Waals surface area (Å²) >= 11 is 0. The third-order valence-electron chi connectivity index (χ3n) is 4.03. The van der Waals surface area contributed by atoms with E-state index in [0.29, 0.717) is 5.01 Å². The van der Waals surface area contributed by atoms with E-state index < -0.39 is 28.5 Å². The molecule has 1 aliphatic heterocycles. The summed E-state index contributed by atoms with van der Waals surface area (Å²) in [6.45, 7) is 0.